The Balaban J connectivity index is 1.85. The van der Waals surface area contributed by atoms with Gasteiger partial charge in [-0.3, -0.25) is 4.79 Å². The molecule has 1 amide bonds. The van der Waals surface area contributed by atoms with Gasteiger partial charge in [0.15, 0.2) is 0 Å². The third-order valence-corrected chi connectivity index (χ3v) is 4.86. The van der Waals surface area contributed by atoms with Gasteiger partial charge in [-0.25, -0.2) is 8.78 Å². The van der Waals surface area contributed by atoms with Crippen LogP contribution in [0, 0.1) is 17.0 Å². The number of amides is 1. The second-order valence-electron chi connectivity index (χ2n) is 7.41. The van der Waals surface area contributed by atoms with E-state index in [1.165, 1.54) is 37.6 Å². The van der Waals surface area contributed by atoms with Crippen molar-refractivity contribution in [3.05, 3.63) is 89.5 Å². The highest BCUT2D eigenvalue weighted by Gasteiger charge is 2.24. The number of carbonyl (C=O) groups excluding carboxylic acids is 1. The molecule has 0 radical (unpaired) electrons. The van der Waals surface area contributed by atoms with Gasteiger partial charge in [0, 0.05) is 30.3 Å². The lowest BCUT2D eigenvalue weighted by atomic mass is 10.0. The topological polar surface area (TPSA) is 83.4 Å². The number of ether oxygens (including phenoxy) is 2. The molecule has 0 aliphatic carbocycles. The summed E-state index contributed by atoms with van der Waals surface area (Å²) in [6.07, 6.45) is 0.468. The van der Waals surface area contributed by atoms with Crippen molar-refractivity contribution in [3.8, 4) is 5.75 Å². The number of anilines is 2. The molecule has 3 rings (SSSR count). The lowest BCUT2D eigenvalue weighted by molar-refractivity contribution is -0.126. The summed E-state index contributed by atoms with van der Waals surface area (Å²) in [4.78, 5) is 12.0. The monoisotopic (exact) mass is 453 g/mol. The molecule has 0 aliphatic heterocycles. The fraction of sp³-hybridized carbons (Fsp3) is 0.200. The highest BCUT2D eigenvalue weighted by molar-refractivity contribution is 5.88. The number of halogens is 2. The van der Waals surface area contributed by atoms with Crippen molar-refractivity contribution >= 4 is 23.5 Å². The van der Waals surface area contributed by atoms with Crippen molar-refractivity contribution in [2.75, 3.05) is 19.0 Å². The van der Waals surface area contributed by atoms with Gasteiger partial charge in [0.25, 0.3) is 0 Å². The molecule has 0 spiro atoms. The van der Waals surface area contributed by atoms with Gasteiger partial charge < -0.3 is 25.5 Å². The van der Waals surface area contributed by atoms with Crippen LogP contribution in [0.15, 0.2) is 66.7 Å². The maximum atomic E-state index is 13.9. The number of hydrogen-bond acceptors (Lipinski definition) is 5. The van der Waals surface area contributed by atoms with Crippen LogP contribution in [0.3, 0.4) is 0 Å². The minimum Gasteiger partial charge on any atom is -0.484 e. The highest BCUT2D eigenvalue weighted by Crippen LogP contribution is 2.29. The van der Waals surface area contributed by atoms with E-state index in [4.69, 9.17) is 14.9 Å². The van der Waals surface area contributed by atoms with Gasteiger partial charge in [0.2, 0.25) is 5.91 Å². The number of hydrogen-bond donors (Lipinski definition) is 3. The standard InChI is InChI=1S/C25H25F2N3O3/c1-16(29-24(31)15-32-2)25(17-4-3-5-20(27)12-17)33-22-10-11-23(18(13-22)14-28)30-21-8-6-19(26)7-9-21/h3-14,16,25,28,30H,15H2,1-2H3,(H,29,31)/t16-,25-/m0/s1. The van der Waals surface area contributed by atoms with Crippen molar-refractivity contribution in [1.82, 2.24) is 5.32 Å². The zero-order valence-electron chi connectivity index (χ0n) is 18.3. The first kappa shape index (κ1) is 23.9. The van der Waals surface area contributed by atoms with Gasteiger partial charge in [-0.2, -0.15) is 0 Å². The Morgan fingerprint density at radius 1 is 1.06 bits per heavy atom. The maximum Gasteiger partial charge on any atom is 0.246 e. The molecule has 0 unspecified atom stereocenters. The van der Waals surface area contributed by atoms with E-state index >= 15 is 0 Å². The first-order chi connectivity index (χ1) is 15.9. The summed E-state index contributed by atoms with van der Waals surface area (Å²) in [6.45, 7) is 1.65. The van der Waals surface area contributed by atoms with Crippen molar-refractivity contribution < 1.29 is 23.0 Å². The molecular weight excluding hydrogens is 428 g/mol. The SMILES string of the molecule is COCC(=O)N[C@@H](C)[C@H](Oc1ccc(Nc2ccc(F)cc2)c(C=N)c1)c1cccc(F)c1. The number of rotatable bonds is 10. The lowest BCUT2D eigenvalue weighted by Gasteiger charge is -2.27. The van der Waals surface area contributed by atoms with E-state index in [0.717, 1.165) is 0 Å². The Labute approximate surface area is 191 Å². The van der Waals surface area contributed by atoms with E-state index in [1.54, 1.807) is 49.4 Å². The Morgan fingerprint density at radius 3 is 2.48 bits per heavy atom. The van der Waals surface area contributed by atoms with Gasteiger partial charge >= 0.3 is 0 Å². The van der Waals surface area contributed by atoms with Gasteiger partial charge in [0.1, 0.15) is 30.1 Å². The van der Waals surface area contributed by atoms with Gasteiger partial charge in [-0.1, -0.05) is 12.1 Å². The van der Waals surface area contributed by atoms with Gasteiger partial charge in [-0.05, 0) is 67.1 Å². The average molecular weight is 453 g/mol. The molecule has 2 atom stereocenters. The third-order valence-electron chi connectivity index (χ3n) is 4.86. The predicted molar refractivity (Wildman–Crippen MR) is 123 cm³/mol. The molecule has 3 aromatic carbocycles. The Morgan fingerprint density at radius 2 is 1.82 bits per heavy atom. The van der Waals surface area contributed by atoms with Crippen LogP contribution < -0.4 is 15.4 Å². The quantitative estimate of drug-likeness (QED) is 0.378. The molecule has 3 N–H and O–H groups in total. The minimum atomic E-state index is -0.698. The van der Waals surface area contributed by atoms with E-state index < -0.39 is 18.0 Å². The molecule has 0 saturated heterocycles. The summed E-state index contributed by atoms with van der Waals surface area (Å²) in [5.41, 5.74) is 2.38. The predicted octanol–water partition coefficient (Wildman–Crippen LogP) is 4.98. The summed E-state index contributed by atoms with van der Waals surface area (Å²) in [7, 11) is 1.42. The molecule has 172 valence electrons. The first-order valence-electron chi connectivity index (χ1n) is 10.3. The second kappa shape index (κ2) is 11.2. The van der Waals surface area contributed by atoms with E-state index in [-0.39, 0.29) is 18.3 Å². The normalized spacial score (nSPS) is 12.5. The molecule has 6 nitrogen and oxygen atoms in total. The molecule has 0 saturated carbocycles. The largest absolute Gasteiger partial charge is 0.484 e. The minimum absolute atomic E-state index is 0.109. The van der Waals surface area contributed by atoms with E-state index in [9.17, 15) is 13.6 Å². The number of methoxy groups -OCH3 is 1. The molecule has 0 fully saturated rings. The molecule has 8 heteroatoms. The summed E-state index contributed by atoms with van der Waals surface area (Å²) in [6, 6.07) is 16.4. The Hall–Kier alpha value is -3.78. The number of benzene rings is 3. The van der Waals surface area contributed by atoms with Crippen LogP contribution in [0.4, 0.5) is 20.2 Å². The van der Waals surface area contributed by atoms with E-state index in [2.05, 4.69) is 10.6 Å². The van der Waals surface area contributed by atoms with Crippen molar-refractivity contribution in [2.24, 2.45) is 0 Å². The van der Waals surface area contributed by atoms with E-state index in [1.807, 2.05) is 0 Å². The van der Waals surface area contributed by atoms with Crippen molar-refractivity contribution in [2.45, 2.75) is 19.1 Å². The van der Waals surface area contributed by atoms with Crippen molar-refractivity contribution in [1.29, 1.82) is 5.41 Å². The smallest absolute Gasteiger partial charge is 0.246 e. The summed E-state index contributed by atoms with van der Waals surface area (Å²) < 4.78 is 38.1. The molecule has 0 bridgehead atoms. The fourth-order valence-electron chi connectivity index (χ4n) is 3.33. The number of carbonyl (C=O) groups is 1. The van der Waals surface area contributed by atoms with Gasteiger partial charge in [-0.15, -0.1) is 0 Å². The molecule has 0 heterocycles. The highest BCUT2D eigenvalue weighted by atomic mass is 19.1. The molecular formula is C25H25F2N3O3. The fourth-order valence-corrected chi connectivity index (χ4v) is 3.33. The number of nitrogens with one attached hydrogen (secondary N) is 3. The summed E-state index contributed by atoms with van der Waals surface area (Å²) in [5.74, 6) is -0.656. The first-order valence-corrected chi connectivity index (χ1v) is 10.3. The van der Waals surface area contributed by atoms with Crippen LogP contribution in [-0.4, -0.2) is 31.9 Å². The molecule has 0 aromatic heterocycles. The van der Waals surface area contributed by atoms with Crippen LogP contribution in [-0.2, 0) is 9.53 Å². The summed E-state index contributed by atoms with van der Waals surface area (Å²) >= 11 is 0. The third kappa shape index (κ3) is 6.60. The van der Waals surface area contributed by atoms with E-state index in [0.29, 0.717) is 28.3 Å². The molecule has 33 heavy (non-hydrogen) atoms. The van der Waals surface area contributed by atoms with Crippen molar-refractivity contribution in [3.63, 3.8) is 0 Å². The molecule has 0 aliphatic rings. The maximum absolute atomic E-state index is 13.9. The zero-order chi connectivity index (χ0) is 23.8. The summed E-state index contributed by atoms with van der Waals surface area (Å²) in [5, 5.41) is 13.7. The second-order valence-corrected chi connectivity index (χ2v) is 7.41. The lowest BCUT2D eigenvalue weighted by Crippen LogP contribution is -2.40. The van der Waals surface area contributed by atoms with Crippen LogP contribution in [0.1, 0.15) is 24.2 Å². The average Bonchev–Trinajstić information content (AvgIpc) is 2.79. The van der Waals surface area contributed by atoms with Gasteiger partial charge in [0.05, 0.1) is 6.04 Å². The zero-order valence-corrected chi connectivity index (χ0v) is 18.3. The Bertz CT molecular complexity index is 1110. The van der Waals surface area contributed by atoms with Crippen LogP contribution >= 0.6 is 0 Å². The van der Waals surface area contributed by atoms with Crippen LogP contribution in [0.2, 0.25) is 0 Å². The van der Waals surface area contributed by atoms with Crippen LogP contribution in [0.25, 0.3) is 0 Å². The molecule has 3 aromatic rings. The Kier molecular flexibility index (Phi) is 8.10. The van der Waals surface area contributed by atoms with Crippen LogP contribution in [0.5, 0.6) is 5.75 Å².